The summed E-state index contributed by atoms with van der Waals surface area (Å²) in [6.45, 7) is 3.50. The maximum absolute atomic E-state index is 12.4. The van der Waals surface area contributed by atoms with Gasteiger partial charge in [-0.1, -0.05) is 26.0 Å². The zero-order chi connectivity index (χ0) is 18.6. The number of carboxylic acid groups (broad SMARTS) is 1. The van der Waals surface area contributed by atoms with E-state index in [0.29, 0.717) is 5.56 Å². The molecule has 6 nitrogen and oxygen atoms in total. The Morgan fingerprint density at radius 1 is 1.08 bits per heavy atom. The maximum atomic E-state index is 12.4. The van der Waals surface area contributed by atoms with Crippen molar-refractivity contribution in [3.8, 4) is 11.1 Å². The van der Waals surface area contributed by atoms with Crippen molar-refractivity contribution in [3.63, 3.8) is 0 Å². The minimum absolute atomic E-state index is 0.212. The van der Waals surface area contributed by atoms with Crippen LogP contribution in [0.5, 0.6) is 0 Å². The van der Waals surface area contributed by atoms with E-state index in [-0.39, 0.29) is 5.92 Å². The number of hydrogen-bond donors (Lipinski definition) is 2. The Bertz CT molecular complexity index is 755. The van der Waals surface area contributed by atoms with E-state index in [1.54, 1.807) is 26.1 Å². The standard InChI is InChI=1S/C19H23N3O3/c1-12(2)17(19(24)25)21-18(23)15-9-14(10-20-11-15)13-5-7-16(8-6-13)22(3)4/h5-12,17H,1-4H3,(H,21,23)(H,24,25)/t17-/m0/s1. The molecule has 0 aliphatic heterocycles. The van der Waals surface area contributed by atoms with E-state index in [2.05, 4.69) is 10.3 Å². The summed E-state index contributed by atoms with van der Waals surface area (Å²) in [5, 5.41) is 11.8. The molecule has 0 radical (unpaired) electrons. The summed E-state index contributed by atoms with van der Waals surface area (Å²) in [5.74, 6) is -1.71. The normalized spacial score (nSPS) is 11.9. The molecule has 0 aliphatic rings. The molecule has 25 heavy (non-hydrogen) atoms. The van der Waals surface area contributed by atoms with E-state index >= 15 is 0 Å². The van der Waals surface area contributed by atoms with Gasteiger partial charge in [-0.2, -0.15) is 0 Å². The Kier molecular flexibility index (Phi) is 5.75. The number of nitrogens with one attached hydrogen (secondary N) is 1. The molecule has 0 unspecified atom stereocenters. The van der Waals surface area contributed by atoms with Crippen LogP contribution < -0.4 is 10.2 Å². The number of anilines is 1. The smallest absolute Gasteiger partial charge is 0.326 e. The monoisotopic (exact) mass is 341 g/mol. The molecule has 0 aliphatic carbocycles. The summed E-state index contributed by atoms with van der Waals surface area (Å²) in [5.41, 5.74) is 3.15. The van der Waals surface area contributed by atoms with Gasteiger partial charge in [0.1, 0.15) is 6.04 Å². The van der Waals surface area contributed by atoms with E-state index in [0.717, 1.165) is 16.8 Å². The van der Waals surface area contributed by atoms with Gasteiger partial charge in [-0.3, -0.25) is 9.78 Å². The topological polar surface area (TPSA) is 82.5 Å². The van der Waals surface area contributed by atoms with Crippen molar-refractivity contribution >= 4 is 17.6 Å². The van der Waals surface area contributed by atoms with E-state index in [9.17, 15) is 14.7 Å². The van der Waals surface area contributed by atoms with Crippen molar-refractivity contribution < 1.29 is 14.7 Å². The van der Waals surface area contributed by atoms with E-state index < -0.39 is 17.9 Å². The number of aromatic nitrogens is 1. The number of aliphatic carboxylic acids is 1. The lowest BCUT2D eigenvalue weighted by molar-refractivity contribution is -0.140. The van der Waals surface area contributed by atoms with Crippen LogP contribution in [0.4, 0.5) is 5.69 Å². The van der Waals surface area contributed by atoms with Crippen LogP contribution in [0.15, 0.2) is 42.7 Å². The molecule has 1 heterocycles. The SMILES string of the molecule is CC(C)[C@H](NC(=O)c1cncc(-c2ccc(N(C)C)cc2)c1)C(=O)O. The average molecular weight is 341 g/mol. The molecule has 0 spiro atoms. The van der Waals surface area contributed by atoms with Gasteiger partial charge >= 0.3 is 5.97 Å². The number of carbonyl (C=O) groups is 2. The fourth-order valence-corrected chi connectivity index (χ4v) is 2.41. The quantitative estimate of drug-likeness (QED) is 0.844. The van der Waals surface area contributed by atoms with Gasteiger partial charge in [0.2, 0.25) is 0 Å². The molecule has 132 valence electrons. The van der Waals surface area contributed by atoms with Crippen molar-refractivity contribution in [2.45, 2.75) is 19.9 Å². The highest BCUT2D eigenvalue weighted by Crippen LogP contribution is 2.22. The maximum Gasteiger partial charge on any atom is 0.326 e. The van der Waals surface area contributed by atoms with Crippen molar-refractivity contribution in [3.05, 3.63) is 48.3 Å². The molecule has 0 saturated carbocycles. The molecular formula is C19H23N3O3. The second kappa shape index (κ2) is 7.79. The summed E-state index contributed by atoms with van der Waals surface area (Å²) in [7, 11) is 3.93. The van der Waals surface area contributed by atoms with Crippen molar-refractivity contribution in [1.29, 1.82) is 0 Å². The average Bonchev–Trinajstić information content (AvgIpc) is 2.59. The molecular weight excluding hydrogens is 318 g/mol. The second-order valence-corrected chi connectivity index (χ2v) is 6.44. The summed E-state index contributed by atoms with van der Waals surface area (Å²) in [6, 6.07) is 8.68. The molecule has 2 N–H and O–H groups in total. The fraction of sp³-hybridized carbons (Fsp3) is 0.316. The number of carbonyl (C=O) groups excluding carboxylic acids is 1. The van der Waals surface area contributed by atoms with E-state index in [4.69, 9.17) is 0 Å². The summed E-state index contributed by atoms with van der Waals surface area (Å²) >= 11 is 0. The van der Waals surface area contributed by atoms with Gasteiger partial charge < -0.3 is 15.3 Å². The van der Waals surface area contributed by atoms with Crippen molar-refractivity contribution in [2.24, 2.45) is 5.92 Å². The van der Waals surface area contributed by atoms with Gasteiger partial charge in [0, 0.05) is 37.7 Å². The van der Waals surface area contributed by atoms with Gasteiger partial charge in [0.05, 0.1) is 5.56 Å². The number of carboxylic acids is 1. The molecule has 1 atom stereocenters. The van der Waals surface area contributed by atoms with Gasteiger partial charge in [0.25, 0.3) is 5.91 Å². The Morgan fingerprint density at radius 2 is 1.72 bits per heavy atom. The number of benzene rings is 1. The molecule has 2 rings (SSSR count). The molecule has 6 heteroatoms. The molecule has 0 saturated heterocycles. The minimum atomic E-state index is -1.05. The lowest BCUT2D eigenvalue weighted by Gasteiger charge is -2.18. The highest BCUT2D eigenvalue weighted by Gasteiger charge is 2.24. The minimum Gasteiger partial charge on any atom is -0.480 e. The Hall–Kier alpha value is -2.89. The van der Waals surface area contributed by atoms with Crippen LogP contribution in [-0.4, -0.2) is 42.1 Å². The Morgan fingerprint density at radius 3 is 2.24 bits per heavy atom. The van der Waals surface area contributed by atoms with Crippen LogP contribution in [-0.2, 0) is 4.79 Å². The van der Waals surface area contributed by atoms with Crippen LogP contribution in [0.25, 0.3) is 11.1 Å². The second-order valence-electron chi connectivity index (χ2n) is 6.44. The molecule has 1 amide bonds. The van der Waals surface area contributed by atoms with Gasteiger partial charge in [-0.05, 0) is 29.7 Å². The molecule has 2 aromatic rings. The largest absolute Gasteiger partial charge is 0.480 e. The highest BCUT2D eigenvalue weighted by molar-refractivity contribution is 5.97. The Labute approximate surface area is 147 Å². The third-order valence-corrected chi connectivity index (χ3v) is 3.94. The first-order chi connectivity index (χ1) is 11.8. The van der Waals surface area contributed by atoms with Gasteiger partial charge in [-0.25, -0.2) is 4.79 Å². The van der Waals surface area contributed by atoms with Crippen LogP contribution in [0.1, 0.15) is 24.2 Å². The zero-order valence-electron chi connectivity index (χ0n) is 14.9. The predicted octanol–water partition coefficient (Wildman–Crippen LogP) is 2.65. The van der Waals surface area contributed by atoms with Crippen molar-refractivity contribution in [1.82, 2.24) is 10.3 Å². The Balaban J connectivity index is 2.23. The van der Waals surface area contributed by atoms with Gasteiger partial charge in [-0.15, -0.1) is 0 Å². The molecule has 1 aromatic heterocycles. The lowest BCUT2D eigenvalue weighted by atomic mass is 10.0. The highest BCUT2D eigenvalue weighted by atomic mass is 16.4. The molecule has 1 aromatic carbocycles. The van der Waals surface area contributed by atoms with Gasteiger partial charge in [0.15, 0.2) is 0 Å². The van der Waals surface area contributed by atoms with E-state index in [1.165, 1.54) is 6.20 Å². The number of nitrogens with zero attached hydrogens (tertiary/aromatic N) is 2. The summed E-state index contributed by atoms with van der Waals surface area (Å²) < 4.78 is 0. The first kappa shape index (κ1) is 18.4. The molecule has 0 fully saturated rings. The zero-order valence-corrected chi connectivity index (χ0v) is 14.9. The number of hydrogen-bond acceptors (Lipinski definition) is 4. The van der Waals surface area contributed by atoms with Crippen LogP contribution in [0.2, 0.25) is 0 Å². The lowest BCUT2D eigenvalue weighted by Crippen LogP contribution is -2.44. The first-order valence-corrected chi connectivity index (χ1v) is 8.06. The fourth-order valence-electron chi connectivity index (χ4n) is 2.41. The van der Waals surface area contributed by atoms with Crippen LogP contribution in [0, 0.1) is 5.92 Å². The third-order valence-electron chi connectivity index (χ3n) is 3.94. The summed E-state index contributed by atoms with van der Waals surface area (Å²) in [4.78, 5) is 29.7. The van der Waals surface area contributed by atoms with Crippen molar-refractivity contribution in [2.75, 3.05) is 19.0 Å². The number of pyridine rings is 1. The number of amides is 1. The summed E-state index contributed by atoms with van der Waals surface area (Å²) in [6.07, 6.45) is 3.12. The van der Waals surface area contributed by atoms with Crippen LogP contribution in [0.3, 0.4) is 0 Å². The third kappa shape index (κ3) is 4.56. The number of rotatable bonds is 6. The molecule has 0 bridgehead atoms. The first-order valence-electron chi connectivity index (χ1n) is 8.06. The van der Waals surface area contributed by atoms with E-state index in [1.807, 2.05) is 43.3 Å². The predicted molar refractivity (Wildman–Crippen MR) is 97.7 cm³/mol. The van der Waals surface area contributed by atoms with Crippen LogP contribution >= 0.6 is 0 Å².